The quantitative estimate of drug-likeness (QED) is 0.0401. The molecule has 5 heteroatoms. The Labute approximate surface area is 286 Å². The number of carbonyl (C=O) groups excluding carboxylic acids is 1. The van der Waals surface area contributed by atoms with Crippen LogP contribution in [0.4, 0.5) is 0 Å². The molecular formula is C41H79NO4. The van der Waals surface area contributed by atoms with Crippen molar-refractivity contribution in [1.29, 1.82) is 0 Å². The van der Waals surface area contributed by atoms with Gasteiger partial charge < -0.3 is 20.6 Å². The highest BCUT2D eigenvalue weighted by Gasteiger charge is 2.26. The zero-order valence-electron chi connectivity index (χ0n) is 30.7. The van der Waals surface area contributed by atoms with E-state index in [2.05, 4.69) is 43.5 Å². The average molecular weight is 650 g/mol. The normalized spacial score (nSPS) is 13.9. The minimum atomic E-state index is -1.16. The second-order valence-electron chi connectivity index (χ2n) is 13.8. The smallest absolute Gasteiger partial charge is 0.220 e. The van der Waals surface area contributed by atoms with Crippen LogP contribution >= 0.6 is 0 Å². The molecule has 46 heavy (non-hydrogen) atoms. The Morgan fingerprint density at radius 3 is 1.33 bits per heavy atom. The zero-order valence-corrected chi connectivity index (χ0v) is 30.7. The number of amides is 1. The van der Waals surface area contributed by atoms with Gasteiger partial charge in [0.25, 0.3) is 0 Å². The van der Waals surface area contributed by atoms with Gasteiger partial charge in [-0.05, 0) is 51.4 Å². The molecule has 0 aromatic heterocycles. The van der Waals surface area contributed by atoms with Gasteiger partial charge in [-0.1, -0.05) is 173 Å². The van der Waals surface area contributed by atoms with Crippen molar-refractivity contribution in [3.63, 3.8) is 0 Å². The number of allylic oxidation sites excluding steroid dienone is 4. The average Bonchev–Trinajstić information content (AvgIpc) is 3.06. The Kier molecular flexibility index (Phi) is 35.7. The van der Waals surface area contributed by atoms with Crippen LogP contribution in [0.25, 0.3) is 0 Å². The van der Waals surface area contributed by atoms with E-state index in [0.717, 1.165) is 44.9 Å². The highest BCUT2D eigenvalue weighted by atomic mass is 16.3. The van der Waals surface area contributed by atoms with E-state index in [1.165, 1.54) is 135 Å². The van der Waals surface area contributed by atoms with Crippen molar-refractivity contribution in [2.45, 2.75) is 225 Å². The molecule has 3 unspecified atom stereocenters. The molecule has 0 bridgehead atoms. The molecule has 0 aliphatic carbocycles. The predicted molar refractivity (Wildman–Crippen MR) is 199 cm³/mol. The molecule has 0 aliphatic rings. The van der Waals surface area contributed by atoms with Crippen LogP contribution in [-0.4, -0.2) is 46.1 Å². The minimum absolute atomic E-state index is 0.157. The van der Waals surface area contributed by atoms with Crippen molar-refractivity contribution in [2.24, 2.45) is 0 Å². The number of hydrogen-bond donors (Lipinski definition) is 4. The van der Waals surface area contributed by atoms with Gasteiger partial charge in [0.1, 0.15) is 6.10 Å². The maximum atomic E-state index is 12.4. The summed E-state index contributed by atoms with van der Waals surface area (Å²) in [7, 11) is 0. The van der Waals surface area contributed by atoms with Gasteiger partial charge in [-0.3, -0.25) is 4.79 Å². The molecule has 0 fully saturated rings. The van der Waals surface area contributed by atoms with E-state index in [1.54, 1.807) is 0 Å². The van der Waals surface area contributed by atoms with Crippen molar-refractivity contribution in [3.05, 3.63) is 24.3 Å². The van der Waals surface area contributed by atoms with E-state index >= 15 is 0 Å². The summed E-state index contributed by atoms with van der Waals surface area (Å²) in [6, 6.07) is -0.827. The summed E-state index contributed by atoms with van der Waals surface area (Å²) in [4.78, 5) is 12.4. The second-order valence-corrected chi connectivity index (χ2v) is 13.8. The third-order valence-corrected chi connectivity index (χ3v) is 9.29. The Morgan fingerprint density at radius 2 is 0.891 bits per heavy atom. The van der Waals surface area contributed by atoms with Crippen LogP contribution in [0.2, 0.25) is 0 Å². The second kappa shape index (κ2) is 36.7. The van der Waals surface area contributed by atoms with Crippen LogP contribution in [0.15, 0.2) is 24.3 Å². The fraction of sp³-hybridized carbons (Fsp3) is 0.878. The Morgan fingerprint density at radius 1 is 0.522 bits per heavy atom. The molecule has 0 heterocycles. The predicted octanol–water partition coefficient (Wildman–Crippen LogP) is 11.0. The number of aliphatic hydroxyl groups excluding tert-OH is 3. The molecular weight excluding hydrogens is 570 g/mol. The van der Waals surface area contributed by atoms with Crippen LogP contribution in [0.3, 0.4) is 0 Å². The van der Waals surface area contributed by atoms with E-state index < -0.39 is 18.2 Å². The summed E-state index contributed by atoms with van der Waals surface area (Å²) in [5.41, 5.74) is 0. The highest BCUT2D eigenvalue weighted by Crippen LogP contribution is 2.15. The summed E-state index contributed by atoms with van der Waals surface area (Å²) in [5, 5.41) is 33.4. The number of aliphatic hydroxyl groups is 3. The molecule has 0 radical (unpaired) electrons. The van der Waals surface area contributed by atoms with Crippen LogP contribution in [-0.2, 0) is 4.79 Å². The van der Waals surface area contributed by atoms with Crippen LogP contribution in [0.5, 0.6) is 0 Å². The van der Waals surface area contributed by atoms with Gasteiger partial charge in [-0.25, -0.2) is 0 Å². The first-order chi connectivity index (χ1) is 22.6. The Bertz CT molecular complexity index is 679. The fourth-order valence-electron chi connectivity index (χ4n) is 6.12. The van der Waals surface area contributed by atoms with Crippen LogP contribution in [0.1, 0.15) is 206 Å². The maximum absolute atomic E-state index is 12.4. The van der Waals surface area contributed by atoms with Gasteiger partial charge >= 0.3 is 0 Å². The largest absolute Gasteiger partial charge is 0.394 e. The topological polar surface area (TPSA) is 89.8 Å². The molecule has 0 aromatic carbocycles. The summed E-state index contributed by atoms with van der Waals surface area (Å²) in [6.45, 7) is 4.14. The summed E-state index contributed by atoms with van der Waals surface area (Å²) in [6.07, 6.45) is 42.8. The van der Waals surface area contributed by atoms with E-state index in [-0.39, 0.29) is 12.5 Å². The van der Waals surface area contributed by atoms with E-state index in [0.29, 0.717) is 12.8 Å². The lowest BCUT2D eigenvalue weighted by Gasteiger charge is -2.26. The number of carbonyl (C=O) groups is 1. The lowest BCUT2D eigenvalue weighted by atomic mass is 10.0. The van der Waals surface area contributed by atoms with E-state index in [9.17, 15) is 20.1 Å². The fourth-order valence-corrected chi connectivity index (χ4v) is 6.12. The Balaban J connectivity index is 3.67. The summed E-state index contributed by atoms with van der Waals surface area (Å²) < 4.78 is 0. The Hall–Kier alpha value is -1.17. The standard InChI is InChI=1S/C41H79NO4/c1-3-5-7-9-11-13-15-17-18-19-20-21-22-24-26-28-30-32-34-36-40(45)42-38(37-43)41(46)39(44)35-33-31-29-27-25-23-16-14-12-10-8-6-4-2/h14,16,27,29,38-39,41,43-44,46H,3-13,15,17-26,28,30-37H2,1-2H3,(H,42,45)/b16-14+,29-27+. The van der Waals surface area contributed by atoms with Gasteiger partial charge in [0.2, 0.25) is 5.91 Å². The molecule has 0 aromatic rings. The lowest BCUT2D eigenvalue weighted by Crippen LogP contribution is -2.50. The zero-order chi connectivity index (χ0) is 33.8. The number of rotatable bonds is 36. The molecule has 5 nitrogen and oxygen atoms in total. The first-order valence-corrected chi connectivity index (χ1v) is 20.1. The van der Waals surface area contributed by atoms with Gasteiger partial charge in [0.05, 0.1) is 18.8 Å². The molecule has 1 amide bonds. The minimum Gasteiger partial charge on any atom is -0.394 e. The van der Waals surface area contributed by atoms with Gasteiger partial charge in [0.15, 0.2) is 0 Å². The first-order valence-electron chi connectivity index (χ1n) is 20.1. The third kappa shape index (κ3) is 31.4. The molecule has 0 aliphatic heterocycles. The molecule has 0 saturated carbocycles. The van der Waals surface area contributed by atoms with Gasteiger partial charge in [0, 0.05) is 6.42 Å². The monoisotopic (exact) mass is 650 g/mol. The molecule has 272 valence electrons. The van der Waals surface area contributed by atoms with Crippen molar-refractivity contribution >= 4 is 5.91 Å². The van der Waals surface area contributed by atoms with Crippen molar-refractivity contribution in [1.82, 2.24) is 5.32 Å². The SMILES string of the molecule is CCCCCC/C=C/CC/C=C/CCCC(O)C(O)C(CO)NC(=O)CCCCCCCCCCCCCCCCCCCCC. The summed E-state index contributed by atoms with van der Waals surface area (Å²) in [5.74, 6) is -0.157. The van der Waals surface area contributed by atoms with Gasteiger partial charge in [-0.2, -0.15) is 0 Å². The van der Waals surface area contributed by atoms with Crippen LogP contribution in [0, 0.1) is 0 Å². The van der Waals surface area contributed by atoms with Gasteiger partial charge in [-0.15, -0.1) is 0 Å². The lowest BCUT2D eigenvalue weighted by molar-refractivity contribution is -0.124. The highest BCUT2D eigenvalue weighted by molar-refractivity contribution is 5.76. The third-order valence-electron chi connectivity index (χ3n) is 9.29. The number of nitrogens with one attached hydrogen (secondary N) is 1. The summed E-state index contributed by atoms with van der Waals surface area (Å²) >= 11 is 0. The molecule has 4 N–H and O–H groups in total. The molecule has 0 rings (SSSR count). The number of hydrogen-bond acceptors (Lipinski definition) is 4. The molecule has 3 atom stereocenters. The molecule has 0 saturated heterocycles. The first kappa shape index (κ1) is 44.8. The van der Waals surface area contributed by atoms with E-state index in [1.807, 2.05) is 0 Å². The van der Waals surface area contributed by atoms with Crippen LogP contribution < -0.4 is 5.32 Å². The molecule has 0 spiro atoms. The number of unbranched alkanes of at least 4 members (excludes halogenated alkanes) is 24. The maximum Gasteiger partial charge on any atom is 0.220 e. The van der Waals surface area contributed by atoms with Crippen molar-refractivity contribution < 1.29 is 20.1 Å². The van der Waals surface area contributed by atoms with E-state index in [4.69, 9.17) is 0 Å². The van der Waals surface area contributed by atoms with Crippen molar-refractivity contribution in [2.75, 3.05) is 6.61 Å². The van der Waals surface area contributed by atoms with Crippen molar-refractivity contribution in [3.8, 4) is 0 Å².